The monoisotopic (exact) mass is 468 g/mol. The Morgan fingerprint density at radius 2 is 1.11 bits per heavy atom. The molecular weight excluding hydrogens is 436 g/mol. The van der Waals surface area contributed by atoms with Crippen LogP contribution in [-0.2, 0) is 11.2 Å². The van der Waals surface area contributed by atoms with Crippen LogP contribution in [0.15, 0.2) is 126 Å². The number of hydrogen-bond acceptors (Lipinski definition) is 4. The molecule has 4 atom stereocenters. The van der Waals surface area contributed by atoms with Gasteiger partial charge in [-0.2, -0.15) is 0 Å². The molecule has 4 unspecified atom stereocenters. The molecule has 0 saturated heterocycles. The minimum absolute atomic E-state index is 0.412. The molecule has 4 heteroatoms. The van der Waals surface area contributed by atoms with Crippen molar-refractivity contribution in [2.75, 3.05) is 0 Å². The summed E-state index contributed by atoms with van der Waals surface area (Å²) in [6.45, 7) is 3.90. The van der Waals surface area contributed by atoms with Crippen molar-refractivity contribution in [1.82, 2.24) is 0 Å². The Balaban J connectivity index is 1.91. The molecule has 1 aliphatic carbocycles. The van der Waals surface area contributed by atoms with Crippen LogP contribution in [0.25, 0.3) is 0 Å². The molecule has 0 radical (unpaired) electrons. The van der Waals surface area contributed by atoms with Crippen molar-refractivity contribution in [3.63, 3.8) is 0 Å². The Hall–Kier alpha value is -3.28. The minimum atomic E-state index is -1.98. The highest BCUT2D eigenvalue weighted by molar-refractivity contribution is 5.44. The lowest BCUT2D eigenvalue weighted by molar-refractivity contribution is -0.190. The summed E-state index contributed by atoms with van der Waals surface area (Å²) in [5.74, 6) is -0.652. The molecule has 1 aliphatic rings. The molecule has 0 saturated carbocycles. The van der Waals surface area contributed by atoms with Gasteiger partial charge in [-0.25, -0.2) is 0 Å². The molecule has 180 valence electrons. The molecule has 0 aromatic heterocycles. The van der Waals surface area contributed by atoms with Crippen LogP contribution in [0.4, 0.5) is 0 Å². The predicted molar refractivity (Wildman–Crippen MR) is 138 cm³/mol. The Bertz CT molecular complexity index is 1170. The first-order valence-corrected chi connectivity index (χ1v) is 11.8. The van der Waals surface area contributed by atoms with E-state index in [4.69, 9.17) is 0 Å². The van der Waals surface area contributed by atoms with Crippen LogP contribution < -0.4 is 0 Å². The van der Waals surface area contributed by atoms with Gasteiger partial charge >= 0.3 is 0 Å². The number of aliphatic hydroxyl groups is 4. The highest BCUT2D eigenvalue weighted by Crippen LogP contribution is 2.46. The topological polar surface area (TPSA) is 80.9 Å². The summed E-state index contributed by atoms with van der Waals surface area (Å²) in [4.78, 5) is 0. The third-order valence-electron chi connectivity index (χ3n) is 6.92. The van der Waals surface area contributed by atoms with E-state index in [1.54, 1.807) is 72.8 Å². The Morgan fingerprint density at radius 3 is 1.57 bits per heavy atom. The average Bonchev–Trinajstić information content (AvgIpc) is 2.92. The lowest BCUT2D eigenvalue weighted by Crippen LogP contribution is -2.58. The van der Waals surface area contributed by atoms with E-state index < -0.39 is 29.3 Å². The molecule has 0 fully saturated rings. The first-order chi connectivity index (χ1) is 16.8. The number of allylic oxidation sites excluding steroid dienone is 4. The summed E-state index contributed by atoms with van der Waals surface area (Å²) < 4.78 is 0. The van der Waals surface area contributed by atoms with Crippen molar-refractivity contribution in [2.24, 2.45) is 5.92 Å². The van der Waals surface area contributed by atoms with Crippen molar-refractivity contribution in [1.29, 1.82) is 0 Å². The molecule has 0 amide bonds. The first-order valence-electron chi connectivity index (χ1n) is 11.8. The molecule has 0 aliphatic heterocycles. The van der Waals surface area contributed by atoms with Gasteiger partial charge in [0.25, 0.3) is 0 Å². The lowest BCUT2D eigenvalue weighted by Gasteiger charge is -2.46. The van der Waals surface area contributed by atoms with Crippen LogP contribution in [0.1, 0.15) is 30.5 Å². The van der Waals surface area contributed by atoms with Crippen LogP contribution in [0.5, 0.6) is 0 Å². The van der Waals surface area contributed by atoms with E-state index >= 15 is 0 Å². The smallest absolute Gasteiger partial charge is 0.143 e. The number of benzene rings is 3. The Labute approximate surface area is 206 Å². The molecule has 4 N–H and O–H groups in total. The normalized spacial score (nSPS) is 19.1. The number of rotatable bonds is 7. The first kappa shape index (κ1) is 24.8. The zero-order chi connectivity index (χ0) is 25.1. The summed E-state index contributed by atoms with van der Waals surface area (Å²) in [7, 11) is 0. The number of hydrogen-bond donors (Lipinski definition) is 4. The van der Waals surface area contributed by atoms with Gasteiger partial charge in [-0.3, -0.25) is 0 Å². The molecule has 3 aromatic carbocycles. The molecule has 0 heterocycles. The van der Waals surface area contributed by atoms with E-state index in [-0.39, 0.29) is 0 Å². The van der Waals surface area contributed by atoms with Gasteiger partial charge in [0.15, 0.2) is 0 Å². The third-order valence-corrected chi connectivity index (χ3v) is 6.92. The van der Waals surface area contributed by atoms with Gasteiger partial charge in [-0.05, 0) is 36.1 Å². The van der Waals surface area contributed by atoms with Crippen LogP contribution in [-0.4, -0.2) is 32.6 Å². The van der Waals surface area contributed by atoms with Crippen LogP contribution in [0.2, 0.25) is 0 Å². The average molecular weight is 469 g/mol. The van der Waals surface area contributed by atoms with Crippen molar-refractivity contribution in [3.05, 3.63) is 143 Å². The lowest BCUT2D eigenvalue weighted by atomic mass is 9.67. The van der Waals surface area contributed by atoms with E-state index in [0.29, 0.717) is 16.7 Å². The van der Waals surface area contributed by atoms with Crippen LogP contribution >= 0.6 is 0 Å². The second-order valence-corrected chi connectivity index (χ2v) is 9.26. The fourth-order valence-electron chi connectivity index (χ4n) is 5.00. The van der Waals surface area contributed by atoms with Crippen LogP contribution in [0, 0.1) is 5.92 Å². The van der Waals surface area contributed by atoms with Crippen molar-refractivity contribution >= 4 is 0 Å². The van der Waals surface area contributed by atoms with E-state index in [1.165, 1.54) is 0 Å². The molecule has 35 heavy (non-hydrogen) atoms. The fourth-order valence-corrected chi connectivity index (χ4v) is 5.00. The zero-order valence-corrected chi connectivity index (χ0v) is 20.0. The third kappa shape index (κ3) is 4.42. The van der Waals surface area contributed by atoms with Gasteiger partial charge in [0.05, 0.1) is 0 Å². The van der Waals surface area contributed by atoms with Gasteiger partial charge in [0.2, 0.25) is 0 Å². The van der Waals surface area contributed by atoms with E-state index in [0.717, 1.165) is 11.1 Å². The second-order valence-electron chi connectivity index (χ2n) is 9.26. The molecule has 3 aromatic rings. The fraction of sp³-hybridized carbons (Fsp3) is 0.226. The molecule has 0 bridgehead atoms. The summed E-state index contributed by atoms with van der Waals surface area (Å²) in [5.41, 5.74) is -0.833. The second kappa shape index (κ2) is 10.1. The quantitative estimate of drug-likeness (QED) is 0.408. The summed E-state index contributed by atoms with van der Waals surface area (Å²) in [6, 6.07) is 26.4. The molecule has 0 spiro atoms. The predicted octanol–water partition coefficient (Wildman–Crippen LogP) is 4.61. The van der Waals surface area contributed by atoms with E-state index in [9.17, 15) is 20.4 Å². The molecular formula is C31H32O4. The Morgan fingerprint density at radius 1 is 0.657 bits per heavy atom. The SMILES string of the molecule is CC(C)=C1C=CC=CC1C(O)(c1ccccc1)C(O)C(O)C(O)(c1ccccc1)c1ccccc1. The van der Waals surface area contributed by atoms with Crippen molar-refractivity contribution < 1.29 is 20.4 Å². The van der Waals surface area contributed by atoms with E-state index in [1.807, 2.05) is 56.4 Å². The maximum absolute atomic E-state index is 12.4. The maximum atomic E-state index is 12.4. The zero-order valence-electron chi connectivity index (χ0n) is 20.0. The molecule has 4 nitrogen and oxygen atoms in total. The van der Waals surface area contributed by atoms with Gasteiger partial charge in [0, 0.05) is 5.92 Å². The van der Waals surface area contributed by atoms with Gasteiger partial charge in [0.1, 0.15) is 23.4 Å². The van der Waals surface area contributed by atoms with Crippen molar-refractivity contribution in [2.45, 2.75) is 37.3 Å². The van der Waals surface area contributed by atoms with Gasteiger partial charge in [-0.1, -0.05) is 121 Å². The largest absolute Gasteiger partial charge is 0.387 e. The van der Waals surface area contributed by atoms with E-state index in [2.05, 4.69) is 0 Å². The van der Waals surface area contributed by atoms with Crippen LogP contribution in [0.3, 0.4) is 0 Å². The summed E-state index contributed by atoms with van der Waals surface area (Å²) in [6.07, 6.45) is 3.92. The van der Waals surface area contributed by atoms with Crippen molar-refractivity contribution in [3.8, 4) is 0 Å². The summed E-state index contributed by atoms with van der Waals surface area (Å²) in [5, 5.41) is 48.1. The number of aliphatic hydroxyl groups excluding tert-OH is 2. The highest BCUT2D eigenvalue weighted by Gasteiger charge is 2.54. The highest BCUT2D eigenvalue weighted by atomic mass is 16.4. The minimum Gasteiger partial charge on any atom is -0.387 e. The maximum Gasteiger partial charge on any atom is 0.143 e. The molecule has 4 rings (SSSR count). The summed E-state index contributed by atoms with van der Waals surface area (Å²) >= 11 is 0. The standard InChI is InChI=1S/C31H32O4/c1-22(2)26-20-12-13-21-27(26)31(35,25-18-10-5-11-19-25)29(33)28(32)30(34,23-14-6-3-7-15-23)24-16-8-4-9-17-24/h3-21,27-29,32-35H,1-2H3. The Kier molecular flexibility index (Phi) is 7.20. The van der Waals surface area contributed by atoms with Gasteiger partial charge in [-0.15, -0.1) is 0 Å². The van der Waals surface area contributed by atoms with Gasteiger partial charge < -0.3 is 20.4 Å².